The van der Waals surface area contributed by atoms with Crippen molar-refractivity contribution >= 4 is 35.1 Å². The molecule has 1 amide bonds. The number of halogens is 2. The second-order valence-corrected chi connectivity index (χ2v) is 7.61. The number of benzene rings is 1. The third-order valence-electron chi connectivity index (χ3n) is 3.77. The van der Waals surface area contributed by atoms with E-state index in [0.29, 0.717) is 22.3 Å². The molecule has 0 spiro atoms. The van der Waals surface area contributed by atoms with Gasteiger partial charge >= 0.3 is 0 Å². The number of rotatable bonds is 6. The van der Waals surface area contributed by atoms with Crippen molar-refractivity contribution in [3.63, 3.8) is 0 Å². The SMILES string of the molecule is O=C(CSc1nnc2n1CCCCC2)Nc1ccc(SC(F)F)cc1. The van der Waals surface area contributed by atoms with E-state index in [2.05, 4.69) is 20.1 Å². The molecule has 25 heavy (non-hydrogen) atoms. The fourth-order valence-electron chi connectivity index (χ4n) is 2.61. The quantitative estimate of drug-likeness (QED) is 0.762. The number of hydrogen-bond donors (Lipinski definition) is 1. The van der Waals surface area contributed by atoms with Gasteiger partial charge in [-0.15, -0.1) is 10.2 Å². The summed E-state index contributed by atoms with van der Waals surface area (Å²) in [5, 5.41) is 11.9. The number of carbonyl (C=O) groups excluding carboxylic acids is 1. The van der Waals surface area contributed by atoms with Crippen LogP contribution in [0, 0.1) is 0 Å². The number of aryl methyl sites for hydroxylation is 1. The fraction of sp³-hybridized carbons (Fsp3) is 0.438. The Balaban J connectivity index is 1.52. The van der Waals surface area contributed by atoms with Gasteiger partial charge in [0.2, 0.25) is 5.91 Å². The van der Waals surface area contributed by atoms with Crippen LogP contribution in [0.15, 0.2) is 34.3 Å². The highest BCUT2D eigenvalue weighted by molar-refractivity contribution is 8.00. The first kappa shape index (κ1) is 18.2. The number of anilines is 1. The van der Waals surface area contributed by atoms with Gasteiger partial charge in [0.15, 0.2) is 5.16 Å². The Kier molecular flexibility index (Phi) is 6.30. The van der Waals surface area contributed by atoms with Gasteiger partial charge in [-0.25, -0.2) is 0 Å². The summed E-state index contributed by atoms with van der Waals surface area (Å²) in [6.45, 7) is 0.898. The Bertz CT molecular complexity index is 721. The van der Waals surface area contributed by atoms with Crippen molar-refractivity contribution in [1.82, 2.24) is 14.8 Å². The van der Waals surface area contributed by atoms with Crippen LogP contribution in [0.4, 0.5) is 14.5 Å². The molecule has 2 aromatic rings. The minimum atomic E-state index is -2.45. The van der Waals surface area contributed by atoms with Gasteiger partial charge in [-0.2, -0.15) is 8.78 Å². The lowest BCUT2D eigenvalue weighted by Crippen LogP contribution is -2.14. The molecule has 1 aliphatic rings. The number of aromatic nitrogens is 3. The second kappa shape index (κ2) is 8.66. The highest BCUT2D eigenvalue weighted by Crippen LogP contribution is 2.26. The van der Waals surface area contributed by atoms with Gasteiger partial charge in [0.1, 0.15) is 5.82 Å². The standard InChI is InChI=1S/C16H18F2N4OS2/c17-15(18)25-12-7-5-11(6-8-12)19-14(23)10-24-16-21-20-13-4-2-1-3-9-22(13)16/h5-8,15H,1-4,9-10H2,(H,19,23). The molecule has 0 atom stereocenters. The molecule has 5 nitrogen and oxygen atoms in total. The van der Waals surface area contributed by atoms with Gasteiger partial charge in [0.05, 0.1) is 5.75 Å². The molecular formula is C16H18F2N4OS2. The van der Waals surface area contributed by atoms with Crippen molar-refractivity contribution in [3.05, 3.63) is 30.1 Å². The van der Waals surface area contributed by atoms with Gasteiger partial charge in [-0.1, -0.05) is 29.9 Å². The largest absolute Gasteiger partial charge is 0.325 e. The number of alkyl halides is 2. The predicted octanol–water partition coefficient (Wildman–Crippen LogP) is 4.05. The van der Waals surface area contributed by atoms with E-state index in [4.69, 9.17) is 0 Å². The zero-order valence-corrected chi connectivity index (χ0v) is 15.1. The normalized spacial score (nSPS) is 14.2. The number of carbonyl (C=O) groups is 1. The van der Waals surface area contributed by atoms with Gasteiger partial charge in [-0.05, 0) is 37.1 Å². The summed E-state index contributed by atoms with van der Waals surface area (Å²) in [5.74, 6) is -1.39. The Morgan fingerprint density at radius 2 is 2.00 bits per heavy atom. The molecule has 0 radical (unpaired) electrons. The maximum absolute atomic E-state index is 12.3. The number of nitrogens with one attached hydrogen (secondary N) is 1. The number of nitrogens with zero attached hydrogens (tertiary/aromatic N) is 3. The molecule has 1 aromatic heterocycles. The number of amides is 1. The zero-order chi connectivity index (χ0) is 17.6. The molecule has 1 N–H and O–H groups in total. The van der Waals surface area contributed by atoms with Gasteiger partial charge < -0.3 is 9.88 Å². The van der Waals surface area contributed by atoms with Crippen molar-refractivity contribution < 1.29 is 13.6 Å². The molecule has 0 bridgehead atoms. The van der Waals surface area contributed by atoms with E-state index in [9.17, 15) is 13.6 Å². The smallest absolute Gasteiger partial charge is 0.288 e. The Hall–Kier alpha value is -1.61. The molecule has 0 saturated carbocycles. The summed E-state index contributed by atoms with van der Waals surface area (Å²) in [4.78, 5) is 12.6. The first-order valence-corrected chi connectivity index (χ1v) is 9.88. The van der Waals surface area contributed by atoms with Crippen molar-refractivity contribution in [1.29, 1.82) is 0 Å². The Morgan fingerprint density at radius 1 is 1.20 bits per heavy atom. The van der Waals surface area contributed by atoms with Gasteiger partial charge in [0, 0.05) is 23.5 Å². The molecule has 134 valence electrons. The first-order chi connectivity index (χ1) is 12.1. The minimum absolute atomic E-state index is 0.162. The second-order valence-electron chi connectivity index (χ2n) is 5.60. The summed E-state index contributed by atoms with van der Waals surface area (Å²) >= 11 is 1.85. The maximum atomic E-state index is 12.3. The van der Waals surface area contributed by atoms with Gasteiger partial charge in [-0.3, -0.25) is 4.79 Å². The highest BCUT2D eigenvalue weighted by atomic mass is 32.2. The van der Waals surface area contributed by atoms with Crippen molar-refractivity contribution in [2.24, 2.45) is 0 Å². The van der Waals surface area contributed by atoms with Crippen LogP contribution in [-0.2, 0) is 17.8 Å². The van der Waals surface area contributed by atoms with Crippen molar-refractivity contribution in [2.75, 3.05) is 11.1 Å². The van der Waals surface area contributed by atoms with Crippen LogP contribution in [0.25, 0.3) is 0 Å². The van der Waals surface area contributed by atoms with Crippen molar-refractivity contribution in [2.45, 2.75) is 48.0 Å². The monoisotopic (exact) mass is 384 g/mol. The highest BCUT2D eigenvalue weighted by Gasteiger charge is 2.16. The lowest BCUT2D eigenvalue weighted by atomic mass is 10.2. The number of hydrogen-bond acceptors (Lipinski definition) is 5. The summed E-state index contributed by atoms with van der Waals surface area (Å²) in [6.07, 6.45) is 4.35. The molecule has 1 aromatic carbocycles. The summed E-state index contributed by atoms with van der Waals surface area (Å²) in [7, 11) is 0. The zero-order valence-electron chi connectivity index (χ0n) is 13.5. The van der Waals surface area contributed by atoms with E-state index >= 15 is 0 Å². The summed E-state index contributed by atoms with van der Waals surface area (Å²) in [5.41, 5.74) is 0.587. The lowest BCUT2D eigenvalue weighted by Gasteiger charge is -2.08. The average molecular weight is 384 g/mol. The lowest BCUT2D eigenvalue weighted by molar-refractivity contribution is -0.113. The number of thioether (sulfide) groups is 2. The molecule has 0 unspecified atom stereocenters. The van der Waals surface area contributed by atoms with Crippen LogP contribution in [-0.4, -0.2) is 32.2 Å². The molecule has 1 aliphatic heterocycles. The van der Waals surface area contributed by atoms with Gasteiger partial charge in [0.25, 0.3) is 5.76 Å². The molecular weight excluding hydrogens is 366 g/mol. The Morgan fingerprint density at radius 3 is 2.76 bits per heavy atom. The molecule has 9 heteroatoms. The summed E-state index contributed by atoms with van der Waals surface area (Å²) < 4.78 is 26.7. The van der Waals surface area contributed by atoms with E-state index in [-0.39, 0.29) is 11.7 Å². The van der Waals surface area contributed by atoms with E-state index in [1.54, 1.807) is 24.3 Å². The van der Waals surface area contributed by atoms with Crippen LogP contribution in [0.2, 0.25) is 0 Å². The first-order valence-electron chi connectivity index (χ1n) is 8.01. The van der Waals surface area contributed by atoms with E-state index in [1.807, 2.05) is 0 Å². The topological polar surface area (TPSA) is 59.8 Å². The van der Waals surface area contributed by atoms with Crippen LogP contribution in [0.5, 0.6) is 0 Å². The molecule has 3 rings (SSSR count). The fourth-order valence-corrected chi connectivity index (χ4v) is 3.89. The predicted molar refractivity (Wildman–Crippen MR) is 95.2 cm³/mol. The molecule has 0 saturated heterocycles. The van der Waals surface area contributed by atoms with Crippen LogP contribution in [0.3, 0.4) is 0 Å². The van der Waals surface area contributed by atoms with E-state index < -0.39 is 5.76 Å². The van der Waals surface area contributed by atoms with Crippen LogP contribution in [0.1, 0.15) is 25.1 Å². The number of fused-ring (bicyclic) bond motifs is 1. The summed E-state index contributed by atoms with van der Waals surface area (Å²) in [6, 6.07) is 6.38. The van der Waals surface area contributed by atoms with Crippen LogP contribution >= 0.6 is 23.5 Å². The van der Waals surface area contributed by atoms with Crippen molar-refractivity contribution in [3.8, 4) is 0 Å². The third-order valence-corrected chi connectivity index (χ3v) is 5.46. The molecule has 2 heterocycles. The average Bonchev–Trinajstić information content (AvgIpc) is 2.81. The minimum Gasteiger partial charge on any atom is -0.325 e. The van der Waals surface area contributed by atoms with Crippen LogP contribution < -0.4 is 5.32 Å². The van der Waals surface area contributed by atoms with E-state index in [0.717, 1.165) is 36.8 Å². The molecule has 0 aliphatic carbocycles. The Labute approximate surface area is 153 Å². The third kappa shape index (κ3) is 5.18. The maximum Gasteiger partial charge on any atom is 0.288 e. The van der Waals surface area contributed by atoms with E-state index in [1.165, 1.54) is 18.2 Å². The molecule has 0 fully saturated rings.